The number of aromatic nitrogens is 5. The van der Waals surface area contributed by atoms with Crippen molar-refractivity contribution in [2.75, 3.05) is 16.3 Å². The minimum atomic E-state index is -3.42. The van der Waals surface area contributed by atoms with Crippen LogP contribution in [0, 0.1) is 0 Å². The Morgan fingerprint density at radius 2 is 2.20 bits per heavy atom. The summed E-state index contributed by atoms with van der Waals surface area (Å²) >= 11 is 0. The summed E-state index contributed by atoms with van der Waals surface area (Å²) in [6, 6.07) is 1.65. The van der Waals surface area contributed by atoms with Crippen molar-refractivity contribution in [2.45, 2.75) is 6.54 Å². The fraction of sp³-hybridized carbons (Fsp3) is 0.333. The number of nitrogens with zero attached hydrogens (tertiary/aromatic N) is 5. The fourth-order valence-corrected chi connectivity index (χ4v) is 1.91. The van der Waals surface area contributed by atoms with E-state index in [9.17, 15) is 13.2 Å². The molecular formula is C9H13N7O3S. The lowest BCUT2D eigenvalue weighted by molar-refractivity contribution is -0.117. The van der Waals surface area contributed by atoms with Crippen LogP contribution in [0.1, 0.15) is 0 Å². The van der Waals surface area contributed by atoms with Crippen molar-refractivity contribution in [1.82, 2.24) is 24.8 Å². The van der Waals surface area contributed by atoms with Gasteiger partial charge in [-0.05, 0) is 0 Å². The SMILES string of the molecule is Cn1nccc1NC(=O)Cn1cc(NS(C)(=O)=O)nn1. The second kappa shape index (κ2) is 5.28. The first-order valence-corrected chi connectivity index (χ1v) is 7.38. The van der Waals surface area contributed by atoms with Crippen molar-refractivity contribution in [1.29, 1.82) is 0 Å². The summed E-state index contributed by atoms with van der Waals surface area (Å²) in [5.41, 5.74) is 0. The molecule has 2 aromatic rings. The summed E-state index contributed by atoms with van der Waals surface area (Å²) in [4.78, 5) is 11.7. The molecule has 0 bridgehead atoms. The van der Waals surface area contributed by atoms with Gasteiger partial charge in [0.15, 0.2) is 5.82 Å². The van der Waals surface area contributed by atoms with Crippen LogP contribution in [0.5, 0.6) is 0 Å². The molecule has 1 amide bonds. The highest BCUT2D eigenvalue weighted by molar-refractivity contribution is 7.92. The number of hydrogen-bond donors (Lipinski definition) is 2. The van der Waals surface area contributed by atoms with E-state index in [-0.39, 0.29) is 18.3 Å². The third-order valence-corrected chi connectivity index (χ3v) is 2.80. The van der Waals surface area contributed by atoms with Crippen molar-refractivity contribution in [3.8, 4) is 0 Å². The highest BCUT2D eigenvalue weighted by Crippen LogP contribution is 2.05. The molecular weight excluding hydrogens is 286 g/mol. The van der Waals surface area contributed by atoms with Gasteiger partial charge in [0.2, 0.25) is 15.9 Å². The topological polar surface area (TPSA) is 124 Å². The molecule has 0 aliphatic heterocycles. The first-order valence-electron chi connectivity index (χ1n) is 5.49. The zero-order chi connectivity index (χ0) is 14.8. The van der Waals surface area contributed by atoms with Crippen molar-refractivity contribution < 1.29 is 13.2 Å². The molecule has 0 spiro atoms. The van der Waals surface area contributed by atoms with Gasteiger partial charge in [-0.3, -0.25) is 14.2 Å². The summed E-state index contributed by atoms with van der Waals surface area (Å²) in [5.74, 6) is 0.273. The number of amides is 1. The van der Waals surface area contributed by atoms with E-state index in [0.717, 1.165) is 6.26 Å². The molecule has 2 rings (SSSR count). The van der Waals surface area contributed by atoms with E-state index in [4.69, 9.17) is 0 Å². The number of aryl methyl sites for hydroxylation is 1. The minimum absolute atomic E-state index is 0.0563. The van der Waals surface area contributed by atoms with Crippen molar-refractivity contribution in [2.24, 2.45) is 7.05 Å². The van der Waals surface area contributed by atoms with Crippen LogP contribution in [0.25, 0.3) is 0 Å². The van der Waals surface area contributed by atoms with Gasteiger partial charge < -0.3 is 5.32 Å². The first kappa shape index (κ1) is 14.0. The number of rotatable bonds is 5. The van der Waals surface area contributed by atoms with Crippen LogP contribution >= 0.6 is 0 Å². The second-order valence-electron chi connectivity index (χ2n) is 4.06. The first-order chi connectivity index (χ1) is 9.33. The number of carbonyl (C=O) groups excluding carboxylic acids is 1. The third-order valence-electron chi connectivity index (χ3n) is 2.22. The van der Waals surface area contributed by atoms with Gasteiger partial charge >= 0.3 is 0 Å². The molecule has 2 heterocycles. The Labute approximate surface area is 114 Å². The van der Waals surface area contributed by atoms with Crippen LogP contribution in [0.15, 0.2) is 18.5 Å². The van der Waals surface area contributed by atoms with E-state index >= 15 is 0 Å². The zero-order valence-corrected chi connectivity index (χ0v) is 11.6. The molecule has 0 saturated carbocycles. The Balaban J connectivity index is 1.97. The number of anilines is 2. The van der Waals surface area contributed by atoms with Gasteiger partial charge in [0.25, 0.3) is 0 Å². The molecule has 0 fully saturated rings. The summed E-state index contributed by atoms with van der Waals surface area (Å²) in [6.07, 6.45) is 3.88. The summed E-state index contributed by atoms with van der Waals surface area (Å²) in [5, 5.41) is 13.8. The molecule has 10 nitrogen and oxygen atoms in total. The highest BCUT2D eigenvalue weighted by atomic mass is 32.2. The van der Waals surface area contributed by atoms with E-state index in [1.165, 1.54) is 15.6 Å². The molecule has 0 aliphatic carbocycles. The fourth-order valence-electron chi connectivity index (χ4n) is 1.44. The number of nitrogens with one attached hydrogen (secondary N) is 2. The maximum Gasteiger partial charge on any atom is 0.247 e. The molecule has 108 valence electrons. The number of sulfonamides is 1. The molecule has 0 radical (unpaired) electrons. The Hall–Kier alpha value is -2.43. The van der Waals surface area contributed by atoms with Gasteiger partial charge in [0.1, 0.15) is 12.4 Å². The van der Waals surface area contributed by atoms with Gasteiger partial charge in [0.05, 0.1) is 18.6 Å². The van der Waals surface area contributed by atoms with Crippen LogP contribution in [0.3, 0.4) is 0 Å². The van der Waals surface area contributed by atoms with Crippen LogP contribution in [0.2, 0.25) is 0 Å². The lowest BCUT2D eigenvalue weighted by Gasteiger charge is -2.04. The molecule has 0 aromatic carbocycles. The Bertz CT molecular complexity index is 717. The third kappa shape index (κ3) is 3.78. The monoisotopic (exact) mass is 299 g/mol. The molecule has 0 saturated heterocycles. The van der Waals surface area contributed by atoms with Gasteiger partial charge in [-0.15, -0.1) is 5.10 Å². The average molecular weight is 299 g/mol. The van der Waals surface area contributed by atoms with Crippen molar-refractivity contribution in [3.63, 3.8) is 0 Å². The number of carbonyl (C=O) groups is 1. The van der Waals surface area contributed by atoms with E-state index in [2.05, 4.69) is 25.4 Å². The molecule has 20 heavy (non-hydrogen) atoms. The maximum absolute atomic E-state index is 11.7. The molecule has 11 heteroatoms. The molecule has 2 N–H and O–H groups in total. The molecule has 2 aromatic heterocycles. The van der Waals surface area contributed by atoms with Gasteiger partial charge in [-0.25, -0.2) is 13.1 Å². The van der Waals surface area contributed by atoms with Crippen molar-refractivity contribution >= 4 is 27.6 Å². The van der Waals surface area contributed by atoms with Crippen LogP contribution in [-0.4, -0.2) is 45.4 Å². The average Bonchev–Trinajstić information content (AvgIpc) is 2.87. The maximum atomic E-state index is 11.7. The summed E-state index contributed by atoms with van der Waals surface area (Å²) in [7, 11) is -1.72. The van der Waals surface area contributed by atoms with E-state index in [0.29, 0.717) is 5.82 Å². The molecule has 0 aliphatic rings. The van der Waals surface area contributed by atoms with Crippen molar-refractivity contribution in [3.05, 3.63) is 18.5 Å². The van der Waals surface area contributed by atoms with E-state index in [1.807, 2.05) is 0 Å². The molecule has 0 unspecified atom stereocenters. The number of hydrogen-bond acceptors (Lipinski definition) is 6. The van der Waals surface area contributed by atoms with Gasteiger partial charge in [-0.2, -0.15) is 5.10 Å². The quantitative estimate of drug-likeness (QED) is 0.731. The zero-order valence-electron chi connectivity index (χ0n) is 10.8. The highest BCUT2D eigenvalue weighted by Gasteiger charge is 2.10. The van der Waals surface area contributed by atoms with Gasteiger partial charge in [-0.1, -0.05) is 5.21 Å². The lowest BCUT2D eigenvalue weighted by atomic mass is 10.5. The predicted octanol–water partition coefficient (Wildman–Crippen LogP) is -0.978. The smallest absolute Gasteiger partial charge is 0.247 e. The second-order valence-corrected chi connectivity index (χ2v) is 5.81. The summed E-state index contributed by atoms with van der Waals surface area (Å²) in [6.45, 7) is -0.0936. The Morgan fingerprint density at radius 3 is 2.80 bits per heavy atom. The standard InChI is InChI=1S/C9H13N7O3S/c1-15-8(3-4-10-15)11-9(17)6-16-5-7(12-14-16)13-20(2,18)19/h3-5,13H,6H2,1-2H3,(H,11,17). The predicted molar refractivity (Wildman–Crippen MR) is 70.3 cm³/mol. The van der Waals surface area contributed by atoms with E-state index < -0.39 is 10.0 Å². The van der Waals surface area contributed by atoms with Crippen LogP contribution in [-0.2, 0) is 28.4 Å². The Morgan fingerprint density at radius 1 is 1.45 bits per heavy atom. The molecule has 0 atom stereocenters. The van der Waals surface area contributed by atoms with E-state index in [1.54, 1.807) is 19.3 Å². The Kier molecular flexibility index (Phi) is 3.70. The normalized spacial score (nSPS) is 11.3. The van der Waals surface area contributed by atoms with Crippen LogP contribution in [0.4, 0.5) is 11.6 Å². The van der Waals surface area contributed by atoms with Gasteiger partial charge in [0, 0.05) is 13.1 Å². The lowest BCUT2D eigenvalue weighted by Crippen LogP contribution is -2.20. The van der Waals surface area contributed by atoms with Crippen LogP contribution < -0.4 is 10.0 Å². The largest absolute Gasteiger partial charge is 0.309 e. The minimum Gasteiger partial charge on any atom is -0.309 e. The summed E-state index contributed by atoms with van der Waals surface area (Å²) < 4.78 is 26.9.